The summed E-state index contributed by atoms with van der Waals surface area (Å²) in [5.74, 6) is 0.573. The molecule has 0 bridgehead atoms. The molecule has 0 aliphatic carbocycles. The van der Waals surface area contributed by atoms with Gasteiger partial charge >= 0.3 is 0 Å². The zero-order chi connectivity index (χ0) is 20.0. The van der Waals surface area contributed by atoms with Gasteiger partial charge in [0.1, 0.15) is 6.04 Å². The monoisotopic (exact) mass is 379 g/mol. The van der Waals surface area contributed by atoms with Crippen LogP contribution in [0.5, 0.6) is 0 Å². The SMILES string of the molecule is CC(C)CC(=O)NC(C(=O)N1CCCCC1)C1CCN(C(=O)C(C)C)CC1. The van der Waals surface area contributed by atoms with Crippen molar-refractivity contribution >= 4 is 17.7 Å². The molecule has 0 aromatic carbocycles. The van der Waals surface area contributed by atoms with Crippen molar-refractivity contribution in [3.8, 4) is 0 Å². The quantitative estimate of drug-likeness (QED) is 0.770. The van der Waals surface area contributed by atoms with Crippen molar-refractivity contribution < 1.29 is 14.4 Å². The summed E-state index contributed by atoms with van der Waals surface area (Å²) in [5.41, 5.74) is 0. The molecule has 6 heteroatoms. The molecule has 0 radical (unpaired) electrons. The Bertz CT molecular complexity index is 519. The van der Waals surface area contributed by atoms with Crippen molar-refractivity contribution in [2.45, 2.75) is 72.3 Å². The highest BCUT2D eigenvalue weighted by molar-refractivity contribution is 5.88. The van der Waals surface area contributed by atoms with Gasteiger partial charge in [-0.2, -0.15) is 0 Å². The molecule has 0 spiro atoms. The largest absolute Gasteiger partial charge is 0.344 e. The summed E-state index contributed by atoms with van der Waals surface area (Å²) in [7, 11) is 0. The zero-order valence-corrected chi connectivity index (χ0v) is 17.5. The number of amides is 3. The molecule has 2 fully saturated rings. The lowest BCUT2D eigenvalue weighted by molar-refractivity contribution is -0.141. The second-order valence-corrected chi connectivity index (χ2v) is 8.85. The van der Waals surface area contributed by atoms with Gasteiger partial charge in [0.05, 0.1) is 0 Å². The molecule has 154 valence electrons. The first-order valence-electron chi connectivity index (χ1n) is 10.7. The van der Waals surface area contributed by atoms with Crippen molar-refractivity contribution in [3.63, 3.8) is 0 Å². The number of nitrogens with zero attached hydrogens (tertiary/aromatic N) is 2. The number of carbonyl (C=O) groups is 3. The zero-order valence-electron chi connectivity index (χ0n) is 17.5. The van der Waals surface area contributed by atoms with Crippen LogP contribution in [-0.2, 0) is 14.4 Å². The molecule has 1 unspecified atom stereocenters. The topological polar surface area (TPSA) is 69.7 Å². The summed E-state index contributed by atoms with van der Waals surface area (Å²) in [5, 5.41) is 3.05. The number of carbonyl (C=O) groups excluding carboxylic acids is 3. The lowest BCUT2D eigenvalue weighted by Gasteiger charge is -2.39. The molecule has 2 heterocycles. The average Bonchev–Trinajstić information content (AvgIpc) is 2.65. The van der Waals surface area contributed by atoms with Gasteiger partial charge in [0.25, 0.3) is 0 Å². The van der Waals surface area contributed by atoms with Crippen molar-refractivity contribution in [2.24, 2.45) is 17.8 Å². The third kappa shape index (κ3) is 6.22. The number of nitrogens with one attached hydrogen (secondary N) is 1. The van der Waals surface area contributed by atoms with Gasteiger partial charge < -0.3 is 15.1 Å². The van der Waals surface area contributed by atoms with Gasteiger partial charge in [-0.3, -0.25) is 14.4 Å². The first-order valence-corrected chi connectivity index (χ1v) is 10.7. The van der Waals surface area contributed by atoms with Gasteiger partial charge in [0, 0.05) is 38.5 Å². The van der Waals surface area contributed by atoms with Crippen LogP contribution in [-0.4, -0.2) is 59.7 Å². The third-order valence-corrected chi connectivity index (χ3v) is 5.66. The van der Waals surface area contributed by atoms with Crippen LogP contribution < -0.4 is 5.32 Å². The van der Waals surface area contributed by atoms with Gasteiger partial charge in [-0.05, 0) is 43.9 Å². The Labute approximate surface area is 164 Å². The van der Waals surface area contributed by atoms with Crippen molar-refractivity contribution in [3.05, 3.63) is 0 Å². The van der Waals surface area contributed by atoms with Crippen molar-refractivity contribution in [1.29, 1.82) is 0 Å². The summed E-state index contributed by atoms with van der Waals surface area (Å²) in [6.45, 7) is 10.8. The van der Waals surface area contributed by atoms with E-state index in [1.165, 1.54) is 6.42 Å². The van der Waals surface area contributed by atoms with Crippen LogP contribution in [0.4, 0.5) is 0 Å². The van der Waals surface area contributed by atoms with E-state index in [-0.39, 0.29) is 35.5 Å². The maximum absolute atomic E-state index is 13.2. The normalized spacial score (nSPS) is 20.1. The molecule has 2 rings (SSSR count). The van der Waals surface area contributed by atoms with Gasteiger partial charge in [0.2, 0.25) is 17.7 Å². The standard InChI is InChI=1S/C21H37N3O3/c1-15(2)14-18(25)22-19(21(27)23-10-6-5-7-11-23)17-8-12-24(13-9-17)20(26)16(3)4/h15-17,19H,5-14H2,1-4H3,(H,22,25). The molecule has 0 saturated carbocycles. The van der Waals surface area contributed by atoms with Crippen molar-refractivity contribution in [2.75, 3.05) is 26.2 Å². The number of hydrogen-bond acceptors (Lipinski definition) is 3. The molecule has 27 heavy (non-hydrogen) atoms. The minimum absolute atomic E-state index is 0.00178. The van der Waals surface area contributed by atoms with Crippen LogP contribution in [0, 0.1) is 17.8 Å². The Hall–Kier alpha value is -1.59. The predicted octanol–water partition coefficient (Wildman–Crippen LogP) is 2.42. The Balaban J connectivity index is 2.04. The summed E-state index contributed by atoms with van der Waals surface area (Å²) in [6, 6.07) is -0.453. The number of likely N-dealkylation sites (tertiary alicyclic amines) is 2. The van der Waals surface area contributed by atoms with E-state index in [1.807, 2.05) is 37.5 Å². The summed E-state index contributed by atoms with van der Waals surface area (Å²) in [4.78, 5) is 41.6. The smallest absolute Gasteiger partial charge is 0.245 e. The van der Waals surface area contributed by atoms with E-state index >= 15 is 0 Å². The van der Waals surface area contributed by atoms with E-state index in [1.54, 1.807) is 0 Å². The van der Waals surface area contributed by atoms with Crippen LogP contribution in [0.3, 0.4) is 0 Å². The average molecular weight is 380 g/mol. The van der Waals surface area contributed by atoms with Crippen LogP contribution >= 0.6 is 0 Å². The van der Waals surface area contributed by atoms with Gasteiger partial charge in [-0.25, -0.2) is 0 Å². The minimum atomic E-state index is -0.453. The molecular weight excluding hydrogens is 342 g/mol. The Morgan fingerprint density at radius 2 is 1.41 bits per heavy atom. The van der Waals surface area contributed by atoms with Crippen molar-refractivity contribution in [1.82, 2.24) is 15.1 Å². The first kappa shape index (κ1) is 21.7. The lowest BCUT2D eigenvalue weighted by Crippen LogP contribution is -2.55. The fraction of sp³-hybridized carbons (Fsp3) is 0.857. The Morgan fingerprint density at radius 3 is 1.93 bits per heavy atom. The van der Waals surface area contributed by atoms with E-state index in [0.29, 0.717) is 19.5 Å². The summed E-state index contributed by atoms with van der Waals surface area (Å²) < 4.78 is 0. The van der Waals surface area contributed by atoms with Gasteiger partial charge in [0.15, 0.2) is 0 Å². The van der Waals surface area contributed by atoms with Crippen LogP contribution in [0.25, 0.3) is 0 Å². The molecule has 1 N–H and O–H groups in total. The highest BCUT2D eigenvalue weighted by Crippen LogP contribution is 2.24. The molecule has 0 aromatic rings. The van der Waals surface area contributed by atoms with Gasteiger partial charge in [-0.1, -0.05) is 27.7 Å². The van der Waals surface area contributed by atoms with Crippen LogP contribution in [0.1, 0.15) is 66.2 Å². The summed E-state index contributed by atoms with van der Waals surface area (Å²) >= 11 is 0. The fourth-order valence-electron chi connectivity index (χ4n) is 4.11. The third-order valence-electron chi connectivity index (χ3n) is 5.66. The molecule has 1 atom stereocenters. The van der Waals surface area contributed by atoms with E-state index in [4.69, 9.17) is 0 Å². The maximum atomic E-state index is 13.2. The second-order valence-electron chi connectivity index (χ2n) is 8.85. The van der Waals surface area contributed by atoms with Crippen LogP contribution in [0.15, 0.2) is 0 Å². The molecule has 2 saturated heterocycles. The molecule has 6 nitrogen and oxygen atoms in total. The minimum Gasteiger partial charge on any atom is -0.344 e. The Morgan fingerprint density at radius 1 is 0.852 bits per heavy atom. The summed E-state index contributed by atoms with van der Waals surface area (Å²) in [6.07, 6.45) is 5.23. The van der Waals surface area contributed by atoms with E-state index < -0.39 is 6.04 Å². The number of hydrogen-bond donors (Lipinski definition) is 1. The van der Waals surface area contributed by atoms with Gasteiger partial charge in [-0.15, -0.1) is 0 Å². The molecule has 2 aliphatic heterocycles. The van der Waals surface area contributed by atoms with E-state index in [9.17, 15) is 14.4 Å². The Kier molecular flexibility index (Phi) is 8.11. The lowest BCUT2D eigenvalue weighted by atomic mass is 9.87. The first-order chi connectivity index (χ1) is 12.8. The van der Waals surface area contributed by atoms with E-state index in [0.717, 1.165) is 38.8 Å². The molecule has 3 amide bonds. The number of piperidine rings is 2. The van der Waals surface area contributed by atoms with Crippen LogP contribution in [0.2, 0.25) is 0 Å². The number of rotatable bonds is 6. The second kappa shape index (κ2) is 10.1. The fourth-order valence-corrected chi connectivity index (χ4v) is 4.11. The molecular formula is C21H37N3O3. The highest BCUT2D eigenvalue weighted by atomic mass is 16.2. The maximum Gasteiger partial charge on any atom is 0.245 e. The predicted molar refractivity (Wildman–Crippen MR) is 106 cm³/mol. The van der Waals surface area contributed by atoms with E-state index in [2.05, 4.69) is 5.32 Å². The molecule has 0 aromatic heterocycles. The molecule has 2 aliphatic rings. The highest BCUT2D eigenvalue weighted by Gasteiger charge is 2.36.